The molecule has 7 heteroatoms. The second-order valence-corrected chi connectivity index (χ2v) is 9.92. The summed E-state index contributed by atoms with van der Waals surface area (Å²) >= 11 is 0. The molecule has 0 unspecified atom stereocenters. The lowest BCUT2D eigenvalue weighted by molar-refractivity contribution is -0.134. The lowest BCUT2D eigenvalue weighted by Gasteiger charge is -2.38. The zero-order valence-corrected chi connectivity index (χ0v) is 20.1. The van der Waals surface area contributed by atoms with Crippen LogP contribution in [0.1, 0.15) is 35.6 Å². The molecule has 0 aromatic heterocycles. The number of amides is 3. The minimum absolute atomic E-state index is 0.0130. The Labute approximate surface area is 210 Å². The molecule has 3 aliphatic rings. The van der Waals surface area contributed by atoms with Crippen LogP contribution >= 0.6 is 0 Å². The van der Waals surface area contributed by atoms with Crippen LogP contribution in [0.3, 0.4) is 0 Å². The van der Waals surface area contributed by atoms with Crippen molar-refractivity contribution in [3.63, 3.8) is 0 Å². The van der Waals surface area contributed by atoms with Crippen molar-refractivity contribution in [2.45, 2.75) is 43.9 Å². The van der Waals surface area contributed by atoms with Crippen molar-refractivity contribution in [3.8, 4) is 0 Å². The number of benzene rings is 3. The van der Waals surface area contributed by atoms with Crippen LogP contribution in [0.2, 0.25) is 0 Å². The van der Waals surface area contributed by atoms with E-state index in [1.54, 1.807) is 4.90 Å². The van der Waals surface area contributed by atoms with E-state index in [1.165, 1.54) is 11.1 Å². The largest absolute Gasteiger partial charge is 0.443 e. The maximum absolute atomic E-state index is 12.8. The molecule has 3 aromatic rings. The second-order valence-electron chi connectivity index (χ2n) is 9.92. The summed E-state index contributed by atoms with van der Waals surface area (Å²) in [5, 5.41) is 5.00. The van der Waals surface area contributed by atoms with Crippen molar-refractivity contribution in [2.75, 3.05) is 19.6 Å². The predicted molar refractivity (Wildman–Crippen MR) is 135 cm³/mol. The number of rotatable bonds is 5. The summed E-state index contributed by atoms with van der Waals surface area (Å²) in [5.41, 5.74) is 3.35. The fraction of sp³-hybridized carbons (Fsp3) is 0.345. The first-order valence-electron chi connectivity index (χ1n) is 12.7. The Bertz CT molecular complexity index is 1330. The van der Waals surface area contributed by atoms with Crippen molar-refractivity contribution in [3.05, 3.63) is 83.4 Å². The number of piperidine rings is 1. The highest BCUT2D eigenvalue weighted by Gasteiger charge is 2.50. The number of ether oxygens (including phenoxy) is 1. The van der Waals surface area contributed by atoms with E-state index in [4.69, 9.17) is 4.74 Å². The van der Waals surface area contributed by atoms with Crippen molar-refractivity contribution in [1.29, 1.82) is 0 Å². The second kappa shape index (κ2) is 9.30. The first-order chi connectivity index (χ1) is 17.6. The molecule has 2 heterocycles. The molecule has 2 fully saturated rings. The third-order valence-electron chi connectivity index (χ3n) is 7.74. The van der Waals surface area contributed by atoms with E-state index >= 15 is 0 Å². The topological polar surface area (TPSA) is 79.0 Å². The van der Waals surface area contributed by atoms with Crippen LogP contribution in [-0.2, 0) is 27.2 Å². The molecule has 3 aromatic carbocycles. The standard InChI is InChI=1S/C29H29N3O4/c33-26(16-19-9-10-20-5-1-2-6-21(20)15-19)30-18-27(34)31-13-11-23(12-14-31)32-28-24-8-4-3-7-22(24)17-25(28)36-29(32)35/h1-10,15,23,25,28H,11-14,16-18H2,(H,30,33)/t25-,28+/m0/s1. The SMILES string of the molecule is O=C(Cc1ccc2ccccc2c1)NCC(=O)N1CCC(N2C(=O)O[C@H]3Cc4ccccc4[C@H]32)CC1. The molecule has 36 heavy (non-hydrogen) atoms. The van der Waals surface area contributed by atoms with Gasteiger partial charge in [-0.2, -0.15) is 0 Å². The Morgan fingerprint density at radius 3 is 2.53 bits per heavy atom. The number of likely N-dealkylation sites (tertiary alicyclic amines) is 1. The van der Waals surface area contributed by atoms with E-state index in [-0.39, 0.29) is 49.1 Å². The summed E-state index contributed by atoms with van der Waals surface area (Å²) in [5.74, 6) is -0.257. The van der Waals surface area contributed by atoms with Gasteiger partial charge in [-0.25, -0.2) is 4.79 Å². The summed E-state index contributed by atoms with van der Waals surface area (Å²) in [6.07, 6.45) is 2.05. The summed E-state index contributed by atoms with van der Waals surface area (Å²) in [6, 6.07) is 22.3. The van der Waals surface area contributed by atoms with Gasteiger partial charge in [-0.3, -0.25) is 14.5 Å². The number of hydrogen-bond donors (Lipinski definition) is 1. The zero-order valence-electron chi connectivity index (χ0n) is 20.1. The smallest absolute Gasteiger partial charge is 0.411 e. The Morgan fingerprint density at radius 1 is 0.944 bits per heavy atom. The maximum Gasteiger partial charge on any atom is 0.411 e. The highest BCUT2D eigenvalue weighted by Crippen LogP contribution is 2.44. The molecule has 184 valence electrons. The lowest BCUT2D eigenvalue weighted by Crippen LogP contribution is -2.50. The first kappa shape index (κ1) is 22.6. The molecular weight excluding hydrogens is 454 g/mol. The van der Waals surface area contributed by atoms with E-state index in [1.807, 2.05) is 59.5 Å². The quantitative estimate of drug-likeness (QED) is 0.602. The van der Waals surface area contributed by atoms with Crippen molar-refractivity contribution >= 4 is 28.7 Å². The summed E-state index contributed by atoms with van der Waals surface area (Å²) in [4.78, 5) is 41.6. The summed E-state index contributed by atoms with van der Waals surface area (Å²) < 4.78 is 5.70. The van der Waals surface area contributed by atoms with Gasteiger partial charge in [-0.1, -0.05) is 66.7 Å². The Hall–Kier alpha value is -3.87. The number of nitrogens with zero attached hydrogens (tertiary/aromatic N) is 2. The highest BCUT2D eigenvalue weighted by atomic mass is 16.6. The van der Waals surface area contributed by atoms with Crippen molar-refractivity contribution in [1.82, 2.24) is 15.1 Å². The number of nitrogens with one attached hydrogen (secondary N) is 1. The molecule has 0 bridgehead atoms. The van der Waals surface area contributed by atoms with Crippen LogP contribution in [0.25, 0.3) is 10.8 Å². The van der Waals surface area contributed by atoms with Gasteiger partial charge in [0.1, 0.15) is 6.10 Å². The number of fused-ring (bicyclic) bond motifs is 4. The van der Waals surface area contributed by atoms with Crippen LogP contribution in [0, 0.1) is 0 Å². The average Bonchev–Trinajstić information content (AvgIpc) is 3.41. The monoisotopic (exact) mass is 483 g/mol. The van der Waals surface area contributed by atoms with Gasteiger partial charge in [0.15, 0.2) is 0 Å². The maximum atomic E-state index is 12.8. The molecule has 2 saturated heterocycles. The van der Waals surface area contributed by atoms with E-state index in [9.17, 15) is 14.4 Å². The molecule has 7 nitrogen and oxygen atoms in total. The molecule has 6 rings (SSSR count). The highest BCUT2D eigenvalue weighted by molar-refractivity contribution is 5.88. The summed E-state index contributed by atoms with van der Waals surface area (Å²) in [6.45, 7) is 1.11. The first-order valence-corrected chi connectivity index (χ1v) is 12.7. The molecule has 1 aliphatic carbocycles. The van der Waals surface area contributed by atoms with Crippen molar-refractivity contribution in [2.24, 2.45) is 0 Å². The van der Waals surface area contributed by atoms with Gasteiger partial charge >= 0.3 is 6.09 Å². The number of carbonyl (C=O) groups is 3. The third-order valence-corrected chi connectivity index (χ3v) is 7.74. The molecule has 2 aliphatic heterocycles. The Balaban J connectivity index is 1.01. The Morgan fingerprint density at radius 2 is 1.69 bits per heavy atom. The van der Waals surface area contributed by atoms with Crippen LogP contribution in [0.5, 0.6) is 0 Å². The van der Waals surface area contributed by atoms with Gasteiger partial charge in [-0.05, 0) is 40.3 Å². The van der Waals surface area contributed by atoms with E-state index in [0.717, 1.165) is 22.8 Å². The third kappa shape index (κ3) is 4.19. The van der Waals surface area contributed by atoms with Gasteiger partial charge in [0.25, 0.3) is 0 Å². The molecule has 2 atom stereocenters. The molecule has 0 saturated carbocycles. The van der Waals surface area contributed by atoms with E-state index < -0.39 is 0 Å². The van der Waals surface area contributed by atoms with Crippen LogP contribution in [-0.4, -0.2) is 59.5 Å². The fourth-order valence-corrected chi connectivity index (χ4v) is 5.93. The van der Waals surface area contributed by atoms with Crippen LogP contribution in [0.4, 0.5) is 4.79 Å². The van der Waals surface area contributed by atoms with Crippen molar-refractivity contribution < 1.29 is 19.1 Å². The molecular formula is C29H29N3O4. The molecule has 3 amide bonds. The number of carbonyl (C=O) groups excluding carboxylic acids is 3. The molecule has 0 radical (unpaired) electrons. The Kier molecular flexibility index (Phi) is 5.83. The van der Waals surface area contributed by atoms with Gasteiger partial charge < -0.3 is 15.0 Å². The zero-order chi connectivity index (χ0) is 24.6. The fourth-order valence-electron chi connectivity index (χ4n) is 5.93. The lowest BCUT2D eigenvalue weighted by atomic mass is 9.99. The van der Waals surface area contributed by atoms with Gasteiger partial charge in [0.2, 0.25) is 11.8 Å². The minimum atomic E-state index is -0.245. The predicted octanol–water partition coefficient (Wildman–Crippen LogP) is 3.61. The average molecular weight is 484 g/mol. The van der Waals surface area contributed by atoms with Crippen LogP contribution < -0.4 is 5.32 Å². The molecule has 1 N–H and O–H groups in total. The minimum Gasteiger partial charge on any atom is -0.443 e. The normalized spacial score (nSPS) is 21.3. The van der Waals surface area contributed by atoms with E-state index in [2.05, 4.69) is 17.4 Å². The number of hydrogen-bond acceptors (Lipinski definition) is 4. The summed E-state index contributed by atoms with van der Waals surface area (Å²) in [7, 11) is 0. The van der Waals surface area contributed by atoms with Gasteiger partial charge in [-0.15, -0.1) is 0 Å². The van der Waals surface area contributed by atoms with Crippen LogP contribution in [0.15, 0.2) is 66.7 Å². The van der Waals surface area contributed by atoms with Gasteiger partial charge in [0, 0.05) is 25.6 Å². The van der Waals surface area contributed by atoms with E-state index in [0.29, 0.717) is 25.9 Å². The molecule has 0 spiro atoms. The van der Waals surface area contributed by atoms with Gasteiger partial charge in [0.05, 0.1) is 19.0 Å².